The SMILES string of the molecule is Cc1cccc(C)c1NC(=O)CN(C)C(=O)c1ccc2[nH]c3c(c2c1)CCCC3. The van der Waals surface area contributed by atoms with Gasteiger partial charge in [-0.25, -0.2) is 0 Å². The maximum absolute atomic E-state index is 12.9. The molecule has 1 aliphatic rings. The quantitative estimate of drug-likeness (QED) is 0.696. The number of amides is 2. The van der Waals surface area contributed by atoms with Gasteiger partial charge in [-0.1, -0.05) is 18.2 Å². The van der Waals surface area contributed by atoms with Gasteiger partial charge in [-0.05, 0) is 74.4 Å². The zero-order chi connectivity index (χ0) is 20.5. The van der Waals surface area contributed by atoms with E-state index in [0.717, 1.165) is 40.6 Å². The summed E-state index contributed by atoms with van der Waals surface area (Å²) in [5, 5.41) is 4.08. The Balaban J connectivity index is 1.49. The molecule has 2 N–H and O–H groups in total. The Morgan fingerprint density at radius 3 is 2.55 bits per heavy atom. The summed E-state index contributed by atoms with van der Waals surface area (Å²) in [5.74, 6) is -0.340. The normalized spacial score (nSPS) is 13.2. The van der Waals surface area contributed by atoms with Gasteiger partial charge in [0.1, 0.15) is 0 Å². The molecule has 29 heavy (non-hydrogen) atoms. The number of H-pyrrole nitrogens is 1. The molecule has 0 unspecified atom stereocenters. The van der Waals surface area contributed by atoms with Crippen molar-refractivity contribution in [3.05, 3.63) is 64.3 Å². The third-order valence-electron chi connectivity index (χ3n) is 5.82. The summed E-state index contributed by atoms with van der Waals surface area (Å²) in [7, 11) is 1.67. The molecule has 0 bridgehead atoms. The van der Waals surface area contributed by atoms with E-state index >= 15 is 0 Å². The second-order valence-corrected chi connectivity index (χ2v) is 8.03. The first kappa shape index (κ1) is 19.2. The largest absolute Gasteiger partial charge is 0.358 e. The monoisotopic (exact) mass is 389 g/mol. The van der Waals surface area contributed by atoms with Crippen LogP contribution >= 0.6 is 0 Å². The lowest BCUT2D eigenvalue weighted by Crippen LogP contribution is -2.35. The fraction of sp³-hybridized carbons (Fsp3) is 0.333. The highest BCUT2D eigenvalue weighted by Crippen LogP contribution is 2.30. The minimum absolute atomic E-state index is 0.00981. The number of carbonyl (C=O) groups is 2. The minimum atomic E-state index is -0.196. The van der Waals surface area contributed by atoms with E-state index in [1.54, 1.807) is 7.05 Å². The van der Waals surface area contributed by atoms with Gasteiger partial charge in [-0.15, -0.1) is 0 Å². The first-order valence-corrected chi connectivity index (χ1v) is 10.2. The number of hydrogen-bond acceptors (Lipinski definition) is 2. The zero-order valence-electron chi connectivity index (χ0n) is 17.3. The highest BCUT2D eigenvalue weighted by atomic mass is 16.2. The Morgan fingerprint density at radius 2 is 1.79 bits per heavy atom. The maximum Gasteiger partial charge on any atom is 0.254 e. The van der Waals surface area contributed by atoms with Crippen LogP contribution in [0.1, 0.15) is 45.6 Å². The standard InChI is InChI=1S/C24H27N3O2/c1-15-7-6-8-16(2)23(15)26-22(28)14-27(3)24(29)17-11-12-21-19(13-17)18-9-4-5-10-20(18)25-21/h6-8,11-13,25H,4-5,9-10,14H2,1-3H3,(H,26,28). The molecule has 5 heteroatoms. The smallest absolute Gasteiger partial charge is 0.254 e. The fourth-order valence-electron chi connectivity index (χ4n) is 4.24. The summed E-state index contributed by atoms with van der Waals surface area (Å²) >= 11 is 0. The summed E-state index contributed by atoms with van der Waals surface area (Å²) in [5.41, 5.74) is 7.19. The number of aromatic amines is 1. The maximum atomic E-state index is 12.9. The van der Waals surface area contributed by atoms with Crippen LogP contribution in [-0.4, -0.2) is 35.3 Å². The summed E-state index contributed by atoms with van der Waals surface area (Å²) in [6.07, 6.45) is 4.53. The lowest BCUT2D eigenvalue weighted by atomic mass is 9.95. The number of fused-ring (bicyclic) bond motifs is 3. The number of para-hydroxylation sites is 1. The highest BCUT2D eigenvalue weighted by Gasteiger charge is 2.19. The summed E-state index contributed by atoms with van der Waals surface area (Å²) < 4.78 is 0. The molecule has 2 aromatic carbocycles. The molecule has 1 aromatic heterocycles. The number of rotatable bonds is 4. The van der Waals surface area contributed by atoms with Crippen molar-refractivity contribution in [3.8, 4) is 0 Å². The number of benzene rings is 2. The molecule has 1 aliphatic carbocycles. The van der Waals surface area contributed by atoms with Crippen LogP contribution in [0.15, 0.2) is 36.4 Å². The van der Waals surface area contributed by atoms with Gasteiger partial charge in [0, 0.05) is 34.9 Å². The van der Waals surface area contributed by atoms with E-state index < -0.39 is 0 Å². The molecule has 1 heterocycles. The molecule has 0 saturated heterocycles. The van der Waals surface area contributed by atoms with Gasteiger partial charge in [0.15, 0.2) is 0 Å². The summed E-state index contributed by atoms with van der Waals surface area (Å²) in [4.78, 5) is 30.4. The molecule has 0 saturated carbocycles. The van der Waals surface area contributed by atoms with E-state index in [1.807, 2.05) is 50.2 Å². The van der Waals surface area contributed by atoms with E-state index in [1.165, 1.54) is 29.0 Å². The van der Waals surface area contributed by atoms with E-state index in [9.17, 15) is 9.59 Å². The molecule has 0 fully saturated rings. The van der Waals surface area contributed by atoms with E-state index in [-0.39, 0.29) is 18.4 Å². The second-order valence-electron chi connectivity index (χ2n) is 8.03. The molecule has 5 nitrogen and oxygen atoms in total. The summed E-state index contributed by atoms with van der Waals surface area (Å²) in [6.45, 7) is 3.93. The number of nitrogens with zero attached hydrogens (tertiary/aromatic N) is 1. The topological polar surface area (TPSA) is 65.2 Å². The lowest BCUT2D eigenvalue weighted by molar-refractivity contribution is -0.116. The second kappa shape index (κ2) is 7.74. The van der Waals surface area contributed by atoms with Gasteiger partial charge >= 0.3 is 0 Å². The van der Waals surface area contributed by atoms with Crippen molar-refractivity contribution in [1.29, 1.82) is 0 Å². The Kier molecular flexibility index (Phi) is 5.14. The van der Waals surface area contributed by atoms with Crippen molar-refractivity contribution in [1.82, 2.24) is 9.88 Å². The molecule has 0 radical (unpaired) electrons. The molecule has 4 rings (SSSR count). The molecule has 150 valence electrons. The van der Waals surface area contributed by atoms with Crippen LogP contribution in [-0.2, 0) is 17.6 Å². The van der Waals surface area contributed by atoms with Crippen molar-refractivity contribution in [2.45, 2.75) is 39.5 Å². The van der Waals surface area contributed by atoms with Crippen LogP contribution in [0.3, 0.4) is 0 Å². The molecule has 2 amide bonds. The van der Waals surface area contributed by atoms with Gasteiger partial charge < -0.3 is 15.2 Å². The number of nitrogens with one attached hydrogen (secondary N) is 2. The zero-order valence-corrected chi connectivity index (χ0v) is 17.3. The van der Waals surface area contributed by atoms with Crippen molar-refractivity contribution in [2.75, 3.05) is 18.9 Å². The van der Waals surface area contributed by atoms with Crippen molar-refractivity contribution in [3.63, 3.8) is 0 Å². The predicted octanol–water partition coefficient (Wildman–Crippen LogP) is 4.37. The van der Waals surface area contributed by atoms with Crippen LogP contribution in [0.4, 0.5) is 5.69 Å². The first-order valence-electron chi connectivity index (χ1n) is 10.2. The van der Waals surface area contributed by atoms with Crippen molar-refractivity contribution < 1.29 is 9.59 Å². The fourth-order valence-corrected chi connectivity index (χ4v) is 4.24. The van der Waals surface area contributed by atoms with Crippen LogP contribution in [0.5, 0.6) is 0 Å². The Labute approximate surface area is 171 Å². The number of aromatic nitrogens is 1. The van der Waals surface area contributed by atoms with Crippen LogP contribution in [0.25, 0.3) is 10.9 Å². The average molecular weight is 389 g/mol. The van der Waals surface area contributed by atoms with Crippen LogP contribution in [0.2, 0.25) is 0 Å². The predicted molar refractivity (Wildman–Crippen MR) is 116 cm³/mol. The molecule has 3 aromatic rings. The Morgan fingerprint density at radius 1 is 1.07 bits per heavy atom. The van der Waals surface area contributed by atoms with Gasteiger partial charge in [-0.2, -0.15) is 0 Å². The number of hydrogen-bond donors (Lipinski definition) is 2. The Hall–Kier alpha value is -3.08. The van der Waals surface area contributed by atoms with Crippen LogP contribution < -0.4 is 5.32 Å². The summed E-state index contributed by atoms with van der Waals surface area (Å²) in [6, 6.07) is 11.7. The number of aryl methyl sites for hydroxylation is 4. The third kappa shape index (κ3) is 3.77. The molecular weight excluding hydrogens is 362 g/mol. The Bertz CT molecular complexity index is 1080. The molecule has 0 spiro atoms. The highest BCUT2D eigenvalue weighted by molar-refractivity contribution is 6.02. The number of anilines is 1. The van der Waals surface area contributed by atoms with Crippen LogP contribution in [0, 0.1) is 13.8 Å². The van der Waals surface area contributed by atoms with Crippen molar-refractivity contribution >= 4 is 28.4 Å². The molecule has 0 aliphatic heterocycles. The number of likely N-dealkylation sites (N-methyl/N-ethyl adjacent to an activating group) is 1. The van der Waals surface area contributed by atoms with Gasteiger partial charge in [0.2, 0.25) is 5.91 Å². The van der Waals surface area contributed by atoms with Gasteiger partial charge in [-0.3, -0.25) is 9.59 Å². The van der Waals surface area contributed by atoms with E-state index in [0.29, 0.717) is 5.56 Å². The third-order valence-corrected chi connectivity index (χ3v) is 5.82. The van der Waals surface area contributed by atoms with E-state index in [4.69, 9.17) is 0 Å². The molecular formula is C24H27N3O2. The minimum Gasteiger partial charge on any atom is -0.358 e. The lowest BCUT2D eigenvalue weighted by Gasteiger charge is -2.18. The number of carbonyl (C=O) groups excluding carboxylic acids is 2. The van der Waals surface area contributed by atoms with E-state index in [2.05, 4.69) is 10.3 Å². The van der Waals surface area contributed by atoms with Gasteiger partial charge in [0.25, 0.3) is 5.91 Å². The van der Waals surface area contributed by atoms with Crippen molar-refractivity contribution in [2.24, 2.45) is 0 Å². The first-order chi connectivity index (χ1) is 13.9. The van der Waals surface area contributed by atoms with Gasteiger partial charge in [0.05, 0.1) is 6.54 Å². The average Bonchev–Trinajstić information content (AvgIpc) is 3.08. The molecule has 0 atom stereocenters.